The molecule has 30 heavy (non-hydrogen) atoms. The minimum Gasteiger partial charge on any atom is -0.352 e. The number of aromatic nitrogens is 1. The van der Waals surface area contributed by atoms with Crippen LogP contribution in [0.25, 0.3) is 0 Å². The predicted octanol–water partition coefficient (Wildman–Crippen LogP) is 5.33. The van der Waals surface area contributed by atoms with Crippen LogP contribution in [0, 0.1) is 5.82 Å². The van der Waals surface area contributed by atoms with Gasteiger partial charge < -0.3 is 10.6 Å². The lowest BCUT2D eigenvalue weighted by molar-refractivity contribution is -0.113. The van der Waals surface area contributed by atoms with Gasteiger partial charge in [-0.3, -0.25) is 9.59 Å². The molecule has 2 amide bonds. The van der Waals surface area contributed by atoms with Crippen molar-refractivity contribution in [3.05, 3.63) is 64.0 Å². The fraction of sp³-hybridized carbons (Fsp3) is 0.318. The molecule has 0 aliphatic heterocycles. The van der Waals surface area contributed by atoms with Crippen molar-refractivity contribution in [2.45, 2.75) is 37.1 Å². The van der Waals surface area contributed by atoms with E-state index in [1.807, 2.05) is 0 Å². The largest absolute Gasteiger partial charge is 0.352 e. The van der Waals surface area contributed by atoms with Crippen molar-refractivity contribution in [2.24, 2.45) is 0 Å². The van der Waals surface area contributed by atoms with E-state index < -0.39 is 5.82 Å². The summed E-state index contributed by atoms with van der Waals surface area (Å²) in [5, 5.41) is 5.95. The molecule has 1 aromatic carbocycles. The van der Waals surface area contributed by atoms with Crippen LogP contribution in [0.1, 0.15) is 42.5 Å². The molecule has 1 aliphatic carbocycles. The molecule has 8 heteroatoms. The number of anilines is 1. The molecule has 1 aromatic heterocycles. The Labute approximate surface area is 188 Å². The maximum Gasteiger partial charge on any atom is 0.254 e. The van der Waals surface area contributed by atoms with Gasteiger partial charge in [0.2, 0.25) is 5.91 Å². The zero-order valence-corrected chi connectivity index (χ0v) is 18.8. The van der Waals surface area contributed by atoms with Crippen molar-refractivity contribution in [3.8, 4) is 0 Å². The molecule has 0 bridgehead atoms. The summed E-state index contributed by atoms with van der Waals surface area (Å²) in [6, 6.07) is 7.81. The highest BCUT2D eigenvalue weighted by Crippen LogP contribution is 2.23. The van der Waals surface area contributed by atoms with Gasteiger partial charge >= 0.3 is 0 Å². The van der Waals surface area contributed by atoms with Crippen molar-refractivity contribution in [1.29, 1.82) is 0 Å². The first-order valence-electron chi connectivity index (χ1n) is 9.82. The fourth-order valence-electron chi connectivity index (χ4n) is 3.15. The number of halogens is 2. The molecule has 1 heterocycles. The molecule has 0 radical (unpaired) electrons. The van der Waals surface area contributed by atoms with Crippen molar-refractivity contribution in [1.82, 2.24) is 10.3 Å². The van der Waals surface area contributed by atoms with Crippen molar-refractivity contribution in [2.75, 3.05) is 17.6 Å². The van der Waals surface area contributed by atoms with Gasteiger partial charge in [-0.1, -0.05) is 39.3 Å². The number of rotatable bonds is 8. The van der Waals surface area contributed by atoms with Crippen LogP contribution < -0.4 is 10.6 Å². The number of nitrogens with zero attached hydrogens (tertiary/aromatic N) is 1. The molecule has 5 nitrogen and oxygen atoms in total. The molecule has 2 N–H and O–H groups in total. The van der Waals surface area contributed by atoms with E-state index in [1.165, 1.54) is 30.5 Å². The van der Waals surface area contributed by atoms with E-state index in [-0.39, 0.29) is 23.3 Å². The Morgan fingerprint density at radius 2 is 2.10 bits per heavy atom. The van der Waals surface area contributed by atoms with Crippen molar-refractivity contribution >= 4 is 45.2 Å². The SMILES string of the molecule is O=C(CSc1ncccc1C(=O)NCCC1=CCCCC1)Nc1ccc(Br)cc1F. The van der Waals surface area contributed by atoms with E-state index in [0.29, 0.717) is 21.6 Å². The second-order valence-corrected chi connectivity index (χ2v) is 8.81. The Bertz CT molecular complexity index is 952. The van der Waals surface area contributed by atoms with Gasteiger partial charge in [-0.15, -0.1) is 0 Å². The second kappa shape index (κ2) is 11.3. The summed E-state index contributed by atoms with van der Waals surface area (Å²) in [5.74, 6) is -1.09. The Kier molecular flexibility index (Phi) is 8.45. The average molecular weight is 492 g/mol. The number of hydrogen-bond donors (Lipinski definition) is 2. The van der Waals surface area contributed by atoms with Crippen LogP contribution in [0.15, 0.2) is 57.7 Å². The Morgan fingerprint density at radius 3 is 2.87 bits per heavy atom. The summed E-state index contributed by atoms with van der Waals surface area (Å²) in [7, 11) is 0. The number of allylic oxidation sites excluding steroid dienone is 1. The third-order valence-corrected chi connectivity index (χ3v) is 6.18. The van der Waals surface area contributed by atoms with Gasteiger partial charge in [0.25, 0.3) is 5.91 Å². The summed E-state index contributed by atoms with van der Waals surface area (Å²) in [6.07, 6.45) is 9.40. The number of thioether (sulfide) groups is 1. The van der Waals surface area contributed by atoms with Crippen molar-refractivity contribution in [3.63, 3.8) is 0 Å². The van der Waals surface area contributed by atoms with Crippen LogP contribution in [-0.2, 0) is 4.79 Å². The summed E-state index contributed by atoms with van der Waals surface area (Å²) in [6.45, 7) is 0.576. The average Bonchev–Trinajstić information content (AvgIpc) is 2.75. The lowest BCUT2D eigenvalue weighted by Gasteiger charge is -2.13. The fourth-order valence-corrected chi connectivity index (χ4v) is 4.28. The third-order valence-electron chi connectivity index (χ3n) is 4.68. The lowest BCUT2D eigenvalue weighted by Crippen LogP contribution is -2.26. The highest BCUT2D eigenvalue weighted by atomic mass is 79.9. The van der Waals surface area contributed by atoms with E-state index >= 15 is 0 Å². The third kappa shape index (κ3) is 6.67. The number of carbonyl (C=O) groups is 2. The Balaban J connectivity index is 1.53. The molecule has 0 unspecified atom stereocenters. The highest BCUT2D eigenvalue weighted by Gasteiger charge is 2.15. The van der Waals surface area contributed by atoms with Gasteiger partial charge in [0.05, 0.1) is 17.0 Å². The number of carbonyl (C=O) groups excluding carboxylic acids is 2. The normalized spacial score (nSPS) is 13.5. The number of amides is 2. The first kappa shape index (κ1) is 22.5. The van der Waals surface area contributed by atoms with Crippen LogP contribution in [0.4, 0.5) is 10.1 Å². The zero-order chi connectivity index (χ0) is 21.3. The maximum absolute atomic E-state index is 13.9. The molecule has 2 aromatic rings. The molecule has 0 saturated heterocycles. The van der Waals surface area contributed by atoms with Crippen molar-refractivity contribution < 1.29 is 14.0 Å². The number of benzene rings is 1. The lowest BCUT2D eigenvalue weighted by atomic mass is 9.97. The molecule has 158 valence electrons. The predicted molar refractivity (Wildman–Crippen MR) is 121 cm³/mol. The van der Waals surface area contributed by atoms with Crippen LogP contribution in [-0.4, -0.2) is 29.1 Å². The smallest absolute Gasteiger partial charge is 0.254 e. The summed E-state index contributed by atoms with van der Waals surface area (Å²) < 4.78 is 14.5. The Morgan fingerprint density at radius 1 is 1.23 bits per heavy atom. The van der Waals surface area contributed by atoms with Gasteiger partial charge in [0, 0.05) is 17.2 Å². The van der Waals surface area contributed by atoms with Gasteiger partial charge in [-0.25, -0.2) is 9.37 Å². The number of pyridine rings is 1. The molecule has 0 spiro atoms. The van der Waals surface area contributed by atoms with Crippen LogP contribution in [0.5, 0.6) is 0 Å². The molecule has 3 rings (SSSR count). The van der Waals surface area contributed by atoms with E-state index in [0.717, 1.165) is 31.0 Å². The van der Waals surface area contributed by atoms with Gasteiger partial charge in [0.15, 0.2) is 0 Å². The monoisotopic (exact) mass is 491 g/mol. The van der Waals surface area contributed by atoms with Gasteiger partial charge in [-0.2, -0.15) is 0 Å². The maximum atomic E-state index is 13.9. The molecule has 0 saturated carbocycles. The molecule has 0 atom stereocenters. The quantitative estimate of drug-likeness (QED) is 0.386. The summed E-state index contributed by atoms with van der Waals surface area (Å²) >= 11 is 4.33. The van der Waals surface area contributed by atoms with Crippen LogP contribution >= 0.6 is 27.7 Å². The first-order valence-corrected chi connectivity index (χ1v) is 11.6. The minimum atomic E-state index is -0.520. The van der Waals surface area contributed by atoms with Crippen LogP contribution in [0.3, 0.4) is 0 Å². The number of nitrogens with one attached hydrogen (secondary N) is 2. The van der Waals surface area contributed by atoms with Crippen LogP contribution in [0.2, 0.25) is 0 Å². The second-order valence-electron chi connectivity index (χ2n) is 6.93. The highest BCUT2D eigenvalue weighted by molar-refractivity contribution is 9.10. The Hall–Kier alpha value is -2.19. The standard InChI is InChI=1S/C22H23BrFN3O2S/c23-16-8-9-19(18(24)13-16)27-20(28)14-30-22-17(7-4-11-26-22)21(29)25-12-10-15-5-2-1-3-6-15/h4-5,7-9,11,13H,1-3,6,10,12,14H2,(H,25,29)(H,27,28). The summed E-state index contributed by atoms with van der Waals surface area (Å²) in [5.41, 5.74) is 1.95. The van der Waals surface area contributed by atoms with E-state index in [2.05, 4.69) is 37.6 Å². The van der Waals surface area contributed by atoms with Gasteiger partial charge in [-0.05, 0) is 62.4 Å². The zero-order valence-electron chi connectivity index (χ0n) is 16.4. The van der Waals surface area contributed by atoms with E-state index in [1.54, 1.807) is 24.4 Å². The van der Waals surface area contributed by atoms with E-state index in [4.69, 9.17) is 0 Å². The molecule has 1 aliphatic rings. The molecular formula is C22H23BrFN3O2S. The number of hydrogen-bond acceptors (Lipinski definition) is 4. The molecular weight excluding hydrogens is 469 g/mol. The molecule has 0 fully saturated rings. The first-order chi connectivity index (χ1) is 14.5. The summed E-state index contributed by atoms with van der Waals surface area (Å²) in [4.78, 5) is 29.0. The van der Waals surface area contributed by atoms with Gasteiger partial charge in [0.1, 0.15) is 10.8 Å². The minimum absolute atomic E-state index is 0.0136. The topological polar surface area (TPSA) is 71.1 Å². The van der Waals surface area contributed by atoms with E-state index in [9.17, 15) is 14.0 Å².